The van der Waals surface area contributed by atoms with Crippen LogP contribution in [0.4, 0.5) is 8.78 Å². The van der Waals surface area contributed by atoms with E-state index in [1.165, 1.54) is 18.2 Å². The zero-order valence-electron chi connectivity index (χ0n) is 9.67. The first kappa shape index (κ1) is 12.0. The number of amides is 1. The number of hydrogen-bond donors (Lipinski definition) is 1. The first-order valence-electron chi connectivity index (χ1n) is 5.81. The molecule has 2 nitrogen and oxygen atoms in total. The van der Waals surface area contributed by atoms with Gasteiger partial charge in [-0.05, 0) is 38.3 Å². The zero-order chi connectivity index (χ0) is 12.4. The van der Waals surface area contributed by atoms with E-state index in [9.17, 15) is 13.6 Å². The van der Waals surface area contributed by atoms with Gasteiger partial charge in [0.1, 0.15) is 11.6 Å². The Kier molecular flexibility index (Phi) is 3.41. The Morgan fingerprint density at radius 2 is 2.00 bits per heavy atom. The fourth-order valence-electron chi connectivity index (χ4n) is 1.79. The van der Waals surface area contributed by atoms with E-state index in [0.717, 1.165) is 12.8 Å². The summed E-state index contributed by atoms with van der Waals surface area (Å²) in [6.07, 6.45) is 2.02. The summed E-state index contributed by atoms with van der Waals surface area (Å²) in [7, 11) is 0. The molecular formula is C13H15F2NO. The fourth-order valence-corrected chi connectivity index (χ4v) is 1.79. The van der Waals surface area contributed by atoms with Gasteiger partial charge in [0.2, 0.25) is 5.91 Å². The normalized spacial score (nSPS) is 16.6. The molecule has 4 heteroatoms. The Morgan fingerprint density at radius 1 is 1.41 bits per heavy atom. The minimum absolute atomic E-state index is 0.00533. The van der Waals surface area contributed by atoms with Gasteiger partial charge in [-0.1, -0.05) is 6.07 Å². The predicted octanol–water partition coefficient (Wildman–Crippen LogP) is 2.42. The van der Waals surface area contributed by atoms with Gasteiger partial charge in [-0.2, -0.15) is 0 Å². The van der Waals surface area contributed by atoms with Crippen LogP contribution in [0.2, 0.25) is 0 Å². The van der Waals surface area contributed by atoms with E-state index in [1.54, 1.807) is 6.92 Å². The van der Waals surface area contributed by atoms with Gasteiger partial charge in [-0.15, -0.1) is 0 Å². The minimum atomic E-state index is -0.558. The van der Waals surface area contributed by atoms with Crippen molar-refractivity contribution >= 4 is 5.91 Å². The number of halogens is 2. The van der Waals surface area contributed by atoms with E-state index in [-0.39, 0.29) is 29.9 Å². The van der Waals surface area contributed by atoms with Crippen molar-refractivity contribution in [1.29, 1.82) is 0 Å². The highest BCUT2D eigenvalue weighted by Crippen LogP contribution is 2.29. The number of nitrogens with one attached hydrogen (secondary N) is 1. The predicted molar refractivity (Wildman–Crippen MR) is 60.4 cm³/mol. The summed E-state index contributed by atoms with van der Waals surface area (Å²) in [5, 5.41) is 2.77. The van der Waals surface area contributed by atoms with Crippen LogP contribution < -0.4 is 5.32 Å². The second-order valence-electron chi connectivity index (χ2n) is 4.59. The van der Waals surface area contributed by atoms with Gasteiger partial charge in [0.15, 0.2) is 0 Å². The van der Waals surface area contributed by atoms with Crippen LogP contribution in [0, 0.1) is 17.6 Å². The van der Waals surface area contributed by atoms with Crippen LogP contribution in [0.3, 0.4) is 0 Å². The van der Waals surface area contributed by atoms with E-state index in [4.69, 9.17) is 0 Å². The molecule has 1 aromatic rings. The number of hydrogen-bond acceptors (Lipinski definition) is 1. The quantitative estimate of drug-likeness (QED) is 0.859. The summed E-state index contributed by atoms with van der Waals surface area (Å²) in [4.78, 5) is 11.5. The topological polar surface area (TPSA) is 29.1 Å². The van der Waals surface area contributed by atoms with Crippen LogP contribution >= 0.6 is 0 Å². The smallest absolute Gasteiger partial charge is 0.223 e. The molecule has 92 valence electrons. The zero-order valence-corrected chi connectivity index (χ0v) is 9.67. The van der Waals surface area contributed by atoms with Crippen molar-refractivity contribution < 1.29 is 13.6 Å². The molecule has 1 saturated carbocycles. The molecule has 1 amide bonds. The van der Waals surface area contributed by atoms with Crippen LogP contribution in [0.25, 0.3) is 0 Å². The van der Waals surface area contributed by atoms with Crippen molar-refractivity contribution in [3.63, 3.8) is 0 Å². The lowest BCUT2D eigenvalue weighted by Crippen LogP contribution is -2.35. The third kappa shape index (κ3) is 3.02. The standard InChI is InChI=1S/C13H15F2NO/c1-8(16-13(17)9-5-6-9)7-10-11(14)3-2-4-12(10)15/h2-4,8-9H,5-7H2,1H3,(H,16,17). The maximum atomic E-state index is 13.4. The van der Waals surface area contributed by atoms with E-state index in [0.29, 0.717) is 0 Å². The first-order chi connectivity index (χ1) is 8.08. The van der Waals surface area contributed by atoms with Crippen molar-refractivity contribution in [2.45, 2.75) is 32.2 Å². The summed E-state index contributed by atoms with van der Waals surface area (Å²) < 4.78 is 26.7. The van der Waals surface area contributed by atoms with Gasteiger partial charge in [-0.25, -0.2) is 8.78 Å². The molecule has 1 atom stereocenters. The van der Waals surface area contributed by atoms with Gasteiger partial charge in [0.05, 0.1) is 0 Å². The summed E-state index contributed by atoms with van der Waals surface area (Å²) in [6, 6.07) is 3.54. The lowest BCUT2D eigenvalue weighted by Gasteiger charge is -2.14. The molecule has 1 unspecified atom stereocenters. The average molecular weight is 239 g/mol. The molecular weight excluding hydrogens is 224 g/mol. The van der Waals surface area contributed by atoms with Gasteiger partial charge in [0.25, 0.3) is 0 Å². The number of benzene rings is 1. The summed E-state index contributed by atoms with van der Waals surface area (Å²) in [5.41, 5.74) is 0.0381. The highest BCUT2D eigenvalue weighted by atomic mass is 19.1. The highest BCUT2D eigenvalue weighted by Gasteiger charge is 2.30. The van der Waals surface area contributed by atoms with Crippen LogP contribution in [-0.2, 0) is 11.2 Å². The highest BCUT2D eigenvalue weighted by molar-refractivity contribution is 5.81. The molecule has 0 radical (unpaired) electrons. The van der Waals surface area contributed by atoms with Crippen molar-refractivity contribution in [3.8, 4) is 0 Å². The molecule has 1 N–H and O–H groups in total. The molecule has 0 spiro atoms. The van der Waals surface area contributed by atoms with Crippen molar-refractivity contribution in [2.75, 3.05) is 0 Å². The Hall–Kier alpha value is -1.45. The van der Waals surface area contributed by atoms with Crippen molar-refractivity contribution in [3.05, 3.63) is 35.4 Å². The van der Waals surface area contributed by atoms with Gasteiger partial charge in [-0.3, -0.25) is 4.79 Å². The van der Waals surface area contributed by atoms with Gasteiger partial charge < -0.3 is 5.32 Å². The maximum Gasteiger partial charge on any atom is 0.223 e. The van der Waals surface area contributed by atoms with E-state index in [2.05, 4.69) is 5.32 Å². The Labute approximate surface area is 99.0 Å². The molecule has 1 aliphatic rings. The molecule has 0 aliphatic heterocycles. The third-order valence-corrected chi connectivity index (χ3v) is 2.91. The third-order valence-electron chi connectivity index (χ3n) is 2.91. The number of rotatable bonds is 4. The van der Waals surface area contributed by atoms with E-state index >= 15 is 0 Å². The molecule has 0 heterocycles. The van der Waals surface area contributed by atoms with Crippen molar-refractivity contribution in [2.24, 2.45) is 5.92 Å². The van der Waals surface area contributed by atoms with Gasteiger partial charge >= 0.3 is 0 Å². The monoisotopic (exact) mass is 239 g/mol. The van der Waals surface area contributed by atoms with E-state index in [1.807, 2.05) is 0 Å². The largest absolute Gasteiger partial charge is 0.353 e. The maximum absolute atomic E-state index is 13.4. The summed E-state index contributed by atoms with van der Waals surface area (Å²) >= 11 is 0. The molecule has 1 fully saturated rings. The number of carbonyl (C=O) groups excluding carboxylic acids is 1. The minimum Gasteiger partial charge on any atom is -0.353 e. The molecule has 0 aromatic heterocycles. The molecule has 0 saturated heterocycles. The van der Waals surface area contributed by atoms with Gasteiger partial charge in [0, 0.05) is 17.5 Å². The second kappa shape index (κ2) is 4.82. The van der Waals surface area contributed by atoms with Crippen molar-refractivity contribution in [1.82, 2.24) is 5.32 Å². The summed E-state index contributed by atoms with van der Waals surface area (Å²) in [6.45, 7) is 1.76. The summed E-state index contributed by atoms with van der Waals surface area (Å²) in [5.74, 6) is -1.01. The second-order valence-corrected chi connectivity index (χ2v) is 4.59. The molecule has 1 aromatic carbocycles. The molecule has 1 aliphatic carbocycles. The molecule has 0 bridgehead atoms. The van der Waals surface area contributed by atoms with E-state index < -0.39 is 11.6 Å². The Balaban J connectivity index is 1.97. The average Bonchev–Trinajstić information content (AvgIpc) is 3.07. The number of carbonyl (C=O) groups is 1. The Morgan fingerprint density at radius 3 is 2.53 bits per heavy atom. The van der Waals surface area contributed by atoms with Crippen LogP contribution in [0.5, 0.6) is 0 Å². The first-order valence-corrected chi connectivity index (χ1v) is 5.81. The molecule has 2 rings (SSSR count). The van der Waals surface area contributed by atoms with Crippen LogP contribution in [0.15, 0.2) is 18.2 Å². The SMILES string of the molecule is CC(Cc1c(F)cccc1F)NC(=O)C1CC1. The molecule has 17 heavy (non-hydrogen) atoms. The van der Waals surface area contributed by atoms with Crippen LogP contribution in [-0.4, -0.2) is 11.9 Å². The van der Waals surface area contributed by atoms with Crippen LogP contribution in [0.1, 0.15) is 25.3 Å². The lowest BCUT2D eigenvalue weighted by atomic mass is 10.1. The fraction of sp³-hybridized carbons (Fsp3) is 0.462. The lowest BCUT2D eigenvalue weighted by molar-refractivity contribution is -0.122. The Bertz CT molecular complexity index is 409.